The molecule has 2 aliphatic carbocycles. The first-order chi connectivity index (χ1) is 14.5. The molecule has 0 radical (unpaired) electrons. The highest BCUT2D eigenvalue weighted by Gasteiger charge is 2.30. The van der Waals surface area contributed by atoms with E-state index in [9.17, 15) is 4.21 Å². The predicted octanol–water partition coefficient (Wildman–Crippen LogP) is 2.48. The highest BCUT2D eigenvalue weighted by Crippen LogP contribution is 2.44. The number of fused-ring (bicyclic) bond motifs is 2. The molecule has 5 rings (SSSR count). The van der Waals surface area contributed by atoms with Crippen molar-refractivity contribution in [3.63, 3.8) is 0 Å². The van der Waals surface area contributed by atoms with Crippen molar-refractivity contribution in [1.82, 2.24) is 14.8 Å². The molecule has 1 aliphatic heterocycles. The highest BCUT2D eigenvalue weighted by atomic mass is 32.2. The van der Waals surface area contributed by atoms with Gasteiger partial charge in [0, 0.05) is 36.0 Å². The Morgan fingerprint density at radius 2 is 2.27 bits per heavy atom. The van der Waals surface area contributed by atoms with Crippen LogP contribution in [-0.4, -0.2) is 39.0 Å². The fraction of sp³-hybridized carbons (Fsp3) is 0.600. The Morgan fingerprint density at radius 1 is 1.40 bits per heavy atom. The van der Waals surface area contributed by atoms with Crippen LogP contribution in [-0.2, 0) is 34.0 Å². The summed E-state index contributed by atoms with van der Waals surface area (Å²) in [6, 6.07) is 0. The number of rotatable bonds is 7. The van der Waals surface area contributed by atoms with E-state index in [1.807, 2.05) is 0 Å². The van der Waals surface area contributed by atoms with Crippen molar-refractivity contribution in [2.75, 3.05) is 25.4 Å². The smallest absolute Gasteiger partial charge is 0.230 e. The molecule has 3 N–H and O–H groups in total. The van der Waals surface area contributed by atoms with E-state index < -0.39 is 9.92 Å². The molecule has 0 bridgehead atoms. The maximum Gasteiger partial charge on any atom is 0.230 e. The van der Waals surface area contributed by atoms with Crippen molar-refractivity contribution in [2.24, 2.45) is 9.50 Å². The molecule has 0 saturated heterocycles. The Bertz CT molecular complexity index is 1080. The molecule has 10 heteroatoms. The van der Waals surface area contributed by atoms with Gasteiger partial charge in [0.05, 0.1) is 12.8 Å². The summed E-state index contributed by atoms with van der Waals surface area (Å²) in [4.78, 5) is 5.27. The van der Waals surface area contributed by atoms with Crippen LogP contribution in [0.4, 0.5) is 5.69 Å². The number of hydrogen-bond acceptors (Lipinski definition) is 7. The highest BCUT2D eigenvalue weighted by molar-refractivity contribution is 7.91. The van der Waals surface area contributed by atoms with Crippen LogP contribution in [0.2, 0.25) is 0 Å². The van der Waals surface area contributed by atoms with Gasteiger partial charge >= 0.3 is 0 Å². The number of aryl methyl sites for hydroxylation is 2. The van der Waals surface area contributed by atoms with Crippen LogP contribution in [0.3, 0.4) is 0 Å². The molecule has 3 aliphatic rings. The molecule has 0 amide bonds. The van der Waals surface area contributed by atoms with Gasteiger partial charge in [0.25, 0.3) is 0 Å². The Hall–Kier alpha value is -2.17. The van der Waals surface area contributed by atoms with Crippen LogP contribution in [0, 0.1) is 6.92 Å². The van der Waals surface area contributed by atoms with E-state index in [-0.39, 0.29) is 13.5 Å². The van der Waals surface area contributed by atoms with Gasteiger partial charge in [-0.15, -0.1) is 0 Å². The van der Waals surface area contributed by atoms with E-state index in [0.717, 1.165) is 37.9 Å². The minimum atomic E-state index is -3.13. The molecule has 0 spiro atoms. The van der Waals surface area contributed by atoms with E-state index in [0.29, 0.717) is 23.3 Å². The third-order valence-corrected chi connectivity index (χ3v) is 7.38. The quantitative estimate of drug-likeness (QED) is 0.513. The van der Waals surface area contributed by atoms with Crippen molar-refractivity contribution in [2.45, 2.75) is 62.8 Å². The number of aromatic nitrogens is 3. The second-order valence-corrected chi connectivity index (χ2v) is 9.98. The molecule has 3 heterocycles. The van der Waals surface area contributed by atoms with E-state index in [2.05, 4.69) is 21.7 Å². The van der Waals surface area contributed by atoms with E-state index in [4.69, 9.17) is 19.6 Å². The third kappa shape index (κ3) is 3.67. The topological polar surface area (TPSA) is 117 Å². The summed E-state index contributed by atoms with van der Waals surface area (Å²) in [6.07, 6.45) is 8.05. The number of anilines is 1. The zero-order valence-electron chi connectivity index (χ0n) is 17.2. The SMILES string of the molecule is Cc1c(C2CC2)nc2c(c1NCOCN=S(N)(=O)c1cnn3c1OCCC3)CCC2. The molecule has 1 unspecified atom stereocenters. The van der Waals surface area contributed by atoms with E-state index in [1.54, 1.807) is 4.68 Å². The molecule has 1 atom stereocenters. The minimum absolute atomic E-state index is 0.0746. The number of nitrogens with one attached hydrogen (secondary N) is 1. The van der Waals surface area contributed by atoms with Gasteiger partial charge in [-0.1, -0.05) is 0 Å². The lowest BCUT2D eigenvalue weighted by atomic mass is 10.0. The Labute approximate surface area is 176 Å². The molecule has 1 saturated carbocycles. The number of ether oxygens (including phenoxy) is 2. The van der Waals surface area contributed by atoms with Gasteiger partial charge in [0.1, 0.15) is 21.5 Å². The largest absolute Gasteiger partial charge is 0.477 e. The van der Waals surface area contributed by atoms with Crippen molar-refractivity contribution in [3.8, 4) is 5.88 Å². The van der Waals surface area contributed by atoms with Gasteiger partial charge < -0.3 is 14.8 Å². The fourth-order valence-electron chi connectivity index (χ4n) is 4.30. The second-order valence-electron chi connectivity index (χ2n) is 8.14. The van der Waals surface area contributed by atoms with Crippen molar-refractivity contribution in [1.29, 1.82) is 0 Å². The van der Waals surface area contributed by atoms with Crippen LogP contribution in [0.5, 0.6) is 5.88 Å². The standard InChI is InChI=1S/C20H28N6O3S/c1-13-18(14-6-7-14)25-16-5-2-4-15(16)19(13)22-11-28-12-24-30(21,27)17-10-23-26-8-3-9-29-20(17)26/h10,14H,2-9,11-12H2,1H3,(H,22,25)(H2,21,24,27). The molecular weight excluding hydrogens is 404 g/mol. The van der Waals surface area contributed by atoms with Crippen molar-refractivity contribution in [3.05, 3.63) is 28.7 Å². The summed E-state index contributed by atoms with van der Waals surface area (Å²) in [5.41, 5.74) is 6.14. The van der Waals surface area contributed by atoms with Crippen LogP contribution < -0.4 is 15.2 Å². The number of pyridine rings is 1. The zero-order chi connectivity index (χ0) is 20.7. The summed E-state index contributed by atoms with van der Waals surface area (Å²) in [6.45, 7) is 3.62. The second kappa shape index (κ2) is 7.82. The molecule has 162 valence electrons. The van der Waals surface area contributed by atoms with Gasteiger partial charge in [0.2, 0.25) is 5.88 Å². The van der Waals surface area contributed by atoms with Crippen molar-refractivity contribution < 1.29 is 13.7 Å². The minimum Gasteiger partial charge on any atom is -0.477 e. The van der Waals surface area contributed by atoms with Crippen LogP contribution in [0.15, 0.2) is 15.5 Å². The molecular formula is C20H28N6O3S. The lowest BCUT2D eigenvalue weighted by Crippen LogP contribution is -2.19. The summed E-state index contributed by atoms with van der Waals surface area (Å²) >= 11 is 0. The normalized spacial score (nSPS) is 19.5. The van der Waals surface area contributed by atoms with Crippen molar-refractivity contribution >= 4 is 15.6 Å². The maximum atomic E-state index is 12.9. The van der Waals surface area contributed by atoms with Crippen LogP contribution in [0.1, 0.15) is 54.1 Å². The Balaban J connectivity index is 1.25. The summed E-state index contributed by atoms with van der Waals surface area (Å²) < 4.78 is 29.8. The van der Waals surface area contributed by atoms with Crippen LogP contribution in [0.25, 0.3) is 0 Å². The molecule has 2 aromatic heterocycles. The summed E-state index contributed by atoms with van der Waals surface area (Å²) in [7, 11) is -3.13. The lowest BCUT2D eigenvalue weighted by molar-refractivity contribution is 0.162. The lowest BCUT2D eigenvalue weighted by Gasteiger charge is -2.17. The molecule has 1 fully saturated rings. The zero-order valence-corrected chi connectivity index (χ0v) is 18.0. The first-order valence-electron chi connectivity index (χ1n) is 10.6. The molecule has 9 nitrogen and oxygen atoms in total. The molecule has 30 heavy (non-hydrogen) atoms. The van der Waals surface area contributed by atoms with E-state index >= 15 is 0 Å². The summed E-state index contributed by atoms with van der Waals surface area (Å²) in [5, 5.41) is 13.6. The van der Waals surface area contributed by atoms with Gasteiger partial charge in [0.15, 0.2) is 6.73 Å². The number of nitrogens with zero attached hydrogens (tertiary/aromatic N) is 4. The average molecular weight is 433 g/mol. The Kier molecular flexibility index (Phi) is 5.16. The maximum absolute atomic E-state index is 12.9. The third-order valence-electron chi connectivity index (χ3n) is 5.98. The fourth-order valence-corrected chi connectivity index (χ4v) is 5.28. The Morgan fingerprint density at radius 3 is 3.10 bits per heavy atom. The number of hydrogen-bond donors (Lipinski definition) is 2. The number of nitrogens with two attached hydrogens (primary N) is 1. The first kappa shape index (κ1) is 19.8. The van der Waals surface area contributed by atoms with Gasteiger partial charge in [-0.2, -0.15) is 9.46 Å². The average Bonchev–Trinajstić information content (AvgIpc) is 3.30. The monoisotopic (exact) mass is 432 g/mol. The predicted molar refractivity (Wildman–Crippen MR) is 113 cm³/mol. The molecule has 0 aromatic carbocycles. The molecule has 2 aromatic rings. The summed E-state index contributed by atoms with van der Waals surface area (Å²) in [5.74, 6) is 1.06. The van der Waals surface area contributed by atoms with Crippen LogP contribution >= 0.6 is 0 Å². The first-order valence-corrected chi connectivity index (χ1v) is 12.2. The van der Waals surface area contributed by atoms with Gasteiger partial charge in [-0.25, -0.2) is 14.0 Å². The van der Waals surface area contributed by atoms with Gasteiger partial charge in [-0.3, -0.25) is 4.98 Å². The van der Waals surface area contributed by atoms with Gasteiger partial charge in [-0.05, 0) is 50.2 Å². The van der Waals surface area contributed by atoms with E-state index in [1.165, 1.54) is 41.6 Å².